The van der Waals surface area contributed by atoms with Crippen LogP contribution in [-0.4, -0.2) is 5.78 Å². The Kier molecular flexibility index (Phi) is 4.40. The summed E-state index contributed by atoms with van der Waals surface area (Å²) in [4.78, 5) is 14.3. The molecule has 0 radical (unpaired) electrons. The van der Waals surface area contributed by atoms with E-state index in [1.165, 1.54) is 23.5 Å². The fourth-order valence-corrected chi connectivity index (χ4v) is 3.66. The van der Waals surface area contributed by atoms with Crippen molar-refractivity contribution in [2.75, 3.05) is 0 Å². The lowest BCUT2D eigenvalue weighted by Crippen LogP contribution is -2.01. The molecule has 0 atom stereocenters. The van der Waals surface area contributed by atoms with Crippen LogP contribution in [0.5, 0.6) is 0 Å². The third-order valence-corrected chi connectivity index (χ3v) is 5.21. The number of carbonyl (C=O) groups is 1. The van der Waals surface area contributed by atoms with Gasteiger partial charge < -0.3 is 0 Å². The van der Waals surface area contributed by atoms with E-state index in [0.717, 1.165) is 25.1 Å². The summed E-state index contributed by atoms with van der Waals surface area (Å²) in [5, 5.41) is 0. The van der Waals surface area contributed by atoms with Gasteiger partial charge in [-0.05, 0) is 77.0 Å². The van der Waals surface area contributed by atoms with Gasteiger partial charge in [-0.15, -0.1) is 11.3 Å². The number of hydrogen-bond donors (Lipinski definition) is 0. The van der Waals surface area contributed by atoms with Crippen LogP contribution in [0.1, 0.15) is 20.8 Å². The van der Waals surface area contributed by atoms with Gasteiger partial charge in [0.15, 0.2) is 0 Å². The maximum atomic E-state index is 13.0. The predicted molar refractivity (Wildman–Crippen MR) is 97.0 cm³/mol. The van der Waals surface area contributed by atoms with Gasteiger partial charge in [0.2, 0.25) is 5.78 Å². The average molecular weight is 422 g/mol. The number of hydrogen-bond acceptors (Lipinski definition) is 2. The van der Waals surface area contributed by atoms with E-state index < -0.39 is 0 Å². The second kappa shape index (κ2) is 6.30. The van der Waals surface area contributed by atoms with Crippen LogP contribution in [-0.2, 0) is 0 Å². The molecule has 0 N–H and O–H groups in total. The first-order valence-electron chi connectivity index (χ1n) is 6.71. The summed E-state index contributed by atoms with van der Waals surface area (Å²) in [5.41, 5.74) is 2.63. The first kappa shape index (κ1) is 15.4. The smallest absolute Gasteiger partial charge is 0.203 e. The minimum atomic E-state index is -0.258. The third-order valence-electron chi connectivity index (χ3n) is 3.40. The van der Waals surface area contributed by atoms with Crippen LogP contribution in [0.4, 0.5) is 4.39 Å². The second-order valence-corrected chi connectivity index (χ2v) is 7.29. The average Bonchev–Trinajstić information content (AvgIpc) is 2.99. The molecule has 110 valence electrons. The number of benzene rings is 2. The molecular weight excluding hydrogens is 410 g/mol. The molecule has 0 unspecified atom stereocenters. The van der Waals surface area contributed by atoms with Gasteiger partial charge in [0.1, 0.15) is 5.82 Å². The van der Waals surface area contributed by atoms with E-state index in [9.17, 15) is 9.18 Å². The van der Waals surface area contributed by atoms with Crippen molar-refractivity contribution in [3.8, 4) is 10.4 Å². The summed E-state index contributed by atoms with van der Waals surface area (Å²) in [5.74, 6) is -0.222. The highest BCUT2D eigenvalue weighted by atomic mass is 127. The maximum Gasteiger partial charge on any atom is 0.203 e. The minimum absolute atomic E-state index is 0.0365. The van der Waals surface area contributed by atoms with Gasteiger partial charge in [-0.2, -0.15) is 0 Å². The van der Waals surface area contributed by atoms with Crippen molar-refractivity contribution in [2.45, 2.75) is 6.92 Å². The molecular formula is C18H12FIOS. The number of aryl methyl sites for hydroxylation is 1. The standard InChI is InChI=1S/C18H12FIOS/c1-11-2-7-14(20)10-15(11)18(21)17-9-8-16(22-17)12-3-5-13(19)6-4-12/h2-10H,1H3. The second-order valence-electron chi connectivity index (χ2n) is 4.96. The van der Waals surface area contributed by atoms with Crippen molar-refractivity contribution in [3.05, 3.63) is 80.0 Å². The zero-order valence-corrected chi connectivity index (χ0v) is 14.7. The first-order chi connectivity index (χ1) is 10.5. The number of ketones is 1. The molecule has 0 aliphatic heterocycles. The first-order valence-corrected chi connectivity index (χ1v) is 8.61. The summed E-state index contributed by atoms with van der Waals surface area (Å²) in [6.45, 7) is 1.94. The molecule has 0 saturated heterocycles. The van der Waals surface area contributed by atoms with Crippen molar-refractivity contribution < 1.29 is 9.18 Å². The minimum Gasteiger partial charge on any atom is -0.288 e. The van der Waals surface area contributed by atoms with Crippen LogP contribution in [0, 0.1) is 16.3 Å². The molecule has 22 heavy (non-hydrogen) atoms. The lowest BCUT2D eigenvalue weighted by molar-refractivity contribution is 0.104. The largest absolute Gasteiger partial charge is 0.288 e. The number of thiophene rings is 1. The molecule has 0 aliphatic carbocycles. The zero-order chi connectivity index (χ0) is 15.7. The fourth-order valence-electron chi connectivity index (χ4n) is 2.20. The van der Waals surface area contributed by atoms with E-state index in [1.54, 1.807) is 12.1 Å². The maximum absolute atomic E-state index is 13.0. The van der Waals surface area contributed by atoms with E-state index in [-0.39, 0.29) is 11.6 Å². The molecule has 2 aromatic carbocycles. The van der Waals surface area contributed by atoms with Gasteiger partial charge >= 0.3 is 0 Å². The Morgan fingerprint density at radius 1 is 1.05 bits per heavy atom. The van der Waals surface area contributed by atoms with Crippen LogP contribution in [0.3, 0.4) is 0 Å². The lowest BCUT2D eigenvalue weighted by Gasteiger charge is -2.04. The molecule has 0 saturated carbocycles. The Labute approximate surface area is 146 Å². The molecule has 0 amide bonds. The van der Waals surface area contributed by atoms with E-state index in [2.05, 4.69) is 22.6 Å². The van der Waals surface area contributed by atoms with Crippen molar-refractivity contribution in [1.82, 2.24) is 0 Å². The summed E-state index contributed by atoms with van der Waals surface area (Å²) >= 11 is 3.64. The number of halogens is 2. The van der Waals surface area contributed by atoms with Crippen molar-refractivity contribution >= 4 is 39.7 Å². The Morgan fingerprint density at radius 3 is 2.50 bits per heavy atom. The predicted octanol–water partition coefficient (Wildman–Crippen LogP) is 5.70. The lowest BCUT2D eigenvalue weighted by atomic mass is 10.0. The Hall–Kier alpha value is -1.53. The van der Waals surface area contributed by atoms with Crippen molar-refractivity contribution in [1.29, 1.82) is 0 Å². The molecule has 1 nitrogen and oxygen atoms in total. The van der Waals surface area contributed by atoms with Gasteiger partial charge in [-0.3, -0.25) is 4.79 Å². The molecule has 0 fully saturated rings. The van der Waals surface area contributed by atoms with E-state index >= 15 is 0 Å². The molecule has 1 heterocycles. The van der Waals surface area contributed by atoms with Gasteiger partial charge in [0, 0.05) is 14.0 Å². The Balaban J connectivity index is 1.95. The van der Waals surface area contributed by atoms with Crippen LogP contribution in [0.2, 0.25) is 0 Å². The molecule has 4 heteroatoms. The van der Waals surface area contributed by atoms with Crippen molar-refractivity contribution in [3.63, 3.8) is 0 Å². The topological polar surface area (TPSA) is 17.1 Å². The highest BCUT2D eigenvalue weighted by molar-refractivity contribution is 14.1. The van der Waals surface area contributed by atoms with Gasteiger partial charge in [-0.25, -0.2) is 4.39 Å². The summed E-state index contributed by atoms with van der Waals surface area (Å²) < 4.78 is 14.0. The van der Waals surface area contributed by atoms with Gasteiger partial charge in [0.05, 0.1) is 4.88 Å². The SMILES string of the molecule is Cc1ccc(I)cc1C(=O)c1ccc(-c2ccc(F)cc2)s1. The zero-order valence-electron chi connectivity index (χ0n) is 11.8. The summed E-state index contributed by atoms with van der Waals surface area (Å²) in [6, 6.07) is 15.9. The van der Waals surface area contributed by atoms with Crippen LogP contribution < -0.4 is 0 Å². The Morgan fingerprint density at radius 2 is 1.77 bits per heavy atom. The molecule has 0 bridgehead atoms. The van der Waals surface area contributed by atoms with Gasteiger partial charge in [0.25, 0.3) is 0 Å². The van der Waals surface area contributed by atoms with Gasteiger partial charge in [-0.1, -0.05) is 18.2 Å². The normalized spacial score (nSPS) is 10.7. The quantitative estimate of drug-likeness (QED) is 0.391. The molecule has 1 aromatic heterocycles. The van der Waals surface area contributed by atoms with E-state index in [0.29, 0.717) is 4.88 Å². The Bertz CT molecular complexity index is 837. The third kappa shape index (κ3) is 3.13. The summed E-state index contributed by atoms with van der Waals surface area (Å²) in [7, 11) is 0. The number of rotatable bonds is 3. The molecule has 3 aromatic rings. The molecule has 0 aliphatic rings. The molecule has 3 rings (SSSR count). The summed E-state index contributed by atoms with van der Waals surface area (Å²) in [6.07, 6.45) is 0. The number of carbonyl (C=O) groups excluding carboxylic acids is 1. The van der Waals surface area contributed by atoms with Crippen LogP contribution in [0.25, 0.3) is 10.4 Å². The highest BCUT2D eigenvalue weighted by Crippen LogP contribution is 2.30. The van der Waals surface area contributed by atoms with E-state index in [1.807, 2.05) is 37.3 Å². The van der Waals surface area contributed by atoms with E-state index in [4.69, 9.17) is 0 Å². The highest BCUT2D eigenvalue weighted by Gasteiger charge is 2.15. The van der Waals surface area contributed by atoms with Crippen molar-refractivity contribution in [2.24, 2.45) is 0 Å². The van der Waals surface area contributed by atoms with Crippen LogP contribution >= 0.6 is 33.9 Å². The monoisotopic (exact) mass is 422 g/mol. The van der Waals surface area contributed by atoms with Crippen LogP contribution in [0.15, 0.2) is 54.6 Å². The fraction of sp³-hybridized carbons (Fsp3) is 0.0556. The molecule has 0 spiro atoms.